The molecule has 2 rings (SSSR count). The molecule has 2 heterocycles. The molecule has 0 bridgehead atoms. The van der Waals surface area contributed by atoms with Crippen LogP contribution in [0.25, 0.3) is 0 Å². The van der Waals surface area contributed by atoms with Crippen molar-refractivity contribution in [3.8, 4) is 0 Å². The number of nitrogens with zero attached hydrogens (tertiary/aromatic N) is 1. The summed E-state index contributed by atoms with van der Waals surface area (Å²) >= 11 is 3.40. The molecular weight excluding hydrogens is 292 g/mol. The fourth-order valence-corrected chi connectivity index (χ4v) is 2.07. The maximum absolute atomic E-state index is 5.16. The molecule has 4 heteroatoms. The van der Waals surface area contributed by atoms with Gasteiger partial charge in [-0.15, -0.1) is 0 Å². The molecule has 0 saturated carbocycles. The lowest BCUT2D eigenvalue weighted by Crippen LogP contribution is -2.24. The fraction of sp³-hybridized carbons (Fsp3) is 0.357. The molecule has 1 atom stereocenters. The second kappa shape index (κ2) is 6.71. The molecular formula is C14H17BrN2O. The monoisotopic (exact) mass is 308 g/mol. The highest BCUT2D eigenvalue weighted by Crippen LogP contribution is 2.19. The maximum Gasteiger partial charge on any atom is 0.0950 e. The van der Waals surface area contributed by atoms with Gasteiger partial charge in [0.2, 0.25) is 0 Å². The van der Waals surface area contributed by atoms with Crippen molar-refractivity contribution in [2.24, 2.45) is 0 Å². The van der Waals surface area contributed by atoms with E-state index in [1.165, 1.54) is 5.56 Å². The van der Waals surface area contributed by atoms with Crippen LogP contribution in [0, 0.1) is 0 Å². The molecule has 0 radical (unpaired) electrons. The quantitative estimate of drug-likeness (QED) is 0.884. The van der Waals surface area contributed by atoms with Crippen LogP contribution in [-0.2, 0) is 6.42 Å². The summed E-state index contributed by atoms with van der Waals surface area (Å²) in [5.74, 6) is 0. The Hall–Kier alpha value is -1.13. The molecule has 0 aliphatic carbocycles. The lowest BCUT2D eigenvalue weighted by molar-refractivity contribution is 0.508. The van der Waals surface area contributed by atoms with Crippen LogP contribution in [0.4, 0.5) is 0 Å². The zero-order valence-electron chi connectivity index (χ0n) is 10.4. The van der Waals surface area contributed by atoms with Gasteiger partial charge in [0, 0.05) is 34.4 Å². The van der Waals surface area contributed by atoms with Crippen molar-refractivity contribution in [2.75, 3.05) is 6.54 Å². The molecule has 0 aliphatic rings. The Morgan fingerprint density at radius 3 is 2.89 bits per heavy atom. The normalized spacial score (nSPS) is 12.6. The number of furan rings is 1. The standard InChI is InChI=1S/C14H17BrN2O/c1-2-6-16-14(11-5-7-18-10-11)8-13-4-3-12(15)9-17-13/h3-5,7,9-10,14,16H,2,6,8H2,1H3. The van der Waals surface area contributed by atoms with Crippen LogP contribution in [0.15, 0.2) is 45.8 Å². The molecule has 1 N–H and O–H groups in total. The third-order valence-electron chi connectivity index (χ3n) is 2.79. The van der Waals surface area contributed by atoms with Gasteiger partial charge >= 0.3 is 0 Å². The van der Waals surface area contributed by atoms with E-state index >= 15 is 0 Å². The van der Waals surface area contributed by atoms with Crippen molar-refractivity contribution in [1.82, 2.24) is 10.3 Å². The minimum atomic E-state index is 0.261. The topological polar surface area (TPSA) is 38.1 Å². The highest BCUT2D eigenvalue weighted by molar-refractivity contribution is 9.10. The SMILES string of the molecule is CCCNC(Cc1ccc(Br)cn1)c1ccoc1. The maximum atomic E-state index is 5.16. The van der Waals surface area contributed by atoms with Gasteiger partial charge in [-0.2, -0.15) is 0 Å². The van der Waals surface area contributed by atoms with Crippen LogP contribution in [0.5, 0.6) is 0 Å². The van der Waals surface area contributed by atoms with Crippen molar-refractivity contribution in [3.05, 3.63) is 52.7 Å². The summed E-state index contributed by atoms with van der Waals surface area (Å²) in [6, 6.07) is 6.34. The molecule has 0 aliphatic heterocycles. The van der Waals surface area contributed by atoms with Gasteiger partial charge in [0.25, 0.3) is 0 Å². The van der Waals surface area contributed by atoms with Crippen molar-refractivity contribution in [3.63, 3.8) is 0 Å². The molecule has 0 spiro atoms. The zero-order chi connectivity index (χ0) is 12.8. The third-order valence-corrected chi connectivity index (χ3v) is 3.26. The van der Waals surface area contributed by atoms with E-state index in [4.69, 9.17) is 4.42 Å². The fourth-order valence-electron chi connectivity index (χ4n) is 1.84. The Bertz CT molecular complexity index is 453. The number of hydrogen-bond acceptors (Lipinski definition) is 3. The van der Waals surface area contributed by atoms with E-state index in [0.717, 1.165) is 29.6 Å². The van der Waals surface area contributed by atoms with Crippen molar-refractivity contribution in [2.45, 2.75) is 25.8 Å². The van der Waals surface area contributed by atoms with E-state index < -0.39 is 0 Å². The van der Waals surface area contributed by atoms with Gasteiger partial charge in [-0.3, -0.25) is 4.98 Å². The number of aromatic nitrogens is 1. The molecule has 2 aromatic heterocycles. The average Bonchev–Trinajstić information content (AvgIpc) is 2.90. The van der Waals surface area contributed by atoms with Gasteiger partial charge in [-0.05, 0) is 47.1 Å². The molecule has 96 valence electrons. The molecule has 3 nitrogen and oxygen atoms in total. The smallest absolute Gasteiger partial charge is 0.0950 e. The predicted octanol–water partition coefficient (Wildman–Crippen LogP) is 3.72. The van der Waals surface area contributed by atoms with E-state index in [1.54, 1.807) is 12.5 Å². The highest BCUT2D eigenvalue weighted by Gasteiger charge is 2.13. The van der Waals surface area contributed by atoms with Crippen molar-refractivity contribution in [1.29, 1.82) is 0 Å². The van der Waals surface area contributed by atoms with Gasteiger partial charge in [0.15, 0.2) is 0 Å². The van der Waals surface area contributed by atoms with Gasteiger partial charge in [-0.1, -0.05) is 6.92 Å². The molecule has 2 aromatic rings. The Morgan fingerprint density at radius 1 is 1.39 bits per heavy atom. The van der Waals surface area contributed by atoms with Gasteiger partial charge in [0.1, 0.15) is 0 Å². The lowest BCUT2D eigenvalue weighted by Gasteiger charge is -2.16. The summed E-state index contributed by atoms with van der Waals surface area (Å²) in [6.45, 7) is 3.16. The average molecular weight is 309 g/mol. The third kappa shape index (κ3) is 3.68. The summed E-state index contributed by atoms with van der Waals surface area (Å²) in [7, 11) is 0. The minimum absolute atomic E-state index is 0.261. The molecule has 0 saturated heterocycles. The van der Waals surface area contributed by atoms with Gasteiger partial charge in [-0.25, -0.2) is 0 Å². The second-order valence-corrected chi connectivity index (χ2v) is 5.15. The largest absolute Gasteiger partial charge is 0.472 e. The predicted molar refractivity (Wildman–Crippen MR) is 75.4 cm³/mol. The molecule has 1 unspecified atom stereocenters. The number of hydrogen-bond donors (Lipinski definition) is 1. The summed E-state index contributed by atoms with van der Waals surface area (Å²) in [6.07, 6.45) is 7.33. The van der Waals surface area contributed by atoms with Crippen LogP contribution in [0.1, 0.15) is 30.6 Å². The Balaban J connectivity index is 2.07. The van der Waals surface area contributed by atoms with Crippen molar-refractivity contribution >= 4 is 15.9 Å². The first kappa shape index (κ1) is 13.3. The second-order valence-electron chi connectivity index (χ2n) is 4.24. The van der Waals surface area contributed by atoms with Crippen LogP contribution < -0.4 is 5.32 Å². The molecule has 0 amide bonds. The van der Waals surface area contributed by atoms with Gasteiger partial charge in [0.05, 0.1) is 12.5 Å². The van der Waals surface area contributed by atoms with Crippen molar-refractivity contribution < 1.29 is 4.42 Å². The first-order valence-corrected chi connectivity index (χ1v) is 6.95. The summed E-state index contributed by atoms with van der Waals surface area (Å²) in [4.78, 5) is 4.42. The molecule has 18 heavy (non-hydrogen) atoms. The Morgan fingerprint density at radius 2 is 2.28 bits per heavy atom. The number of halogens is 1. The van der Waals surface area contributed by atoms with E-state index in [0.29, 0.717) is 0 Å². The van der Waals surface area contributed by atoms with Crippen LogP contribution in [0.3, 0.4) is 0 Å². The summed E-state index contributed by atoms with van der Waals surface area (Å²) < 4.78 is 6.17. The lowest BCUT2D eigenvalue weighted by atomic mass is 10.0. The highest BCUT2D eigenvalue weighted by atomic mass is 79.9. The number of pyridine rings is 1. The van der Waals surface area contributed by atoms with E-state index in [1.807, 2.05) is 24.4 Å². The van der Waals surface area contributed by atoms with Crippen LogP contribution >= 0.6 is 15.9 Å². The van der Waals surface area contributed by atoms with E-state index in [9.17, 15) is 0 Å². The van der Waals surface area contributed by atoms with Crippen LogP contribution in [0.2, 0.25) is 0 Å². The van der Waals surface area contributed by atoms with E-state index in [-0.39, 0.29) is 6.04 Å². The Kier molecular flexibility index (Phi) is 4.96. The minimum Gasteiger partial charge on any atom is -0.472 e. The van der Waals surface area contributed by atoms with Gasteiger partial charge < -0.3 is 9.73 Å². The summed E-state index contributed by atoms with van der Waals surface area (Å²) in [5, 5.41) is 3.52. The van der Waals surface area contributed by atoms with E-state index in [2.05, 4.69) is 33.2 Å². The first-order chi connectivity index (χ1) is 8.79. The number of nitrogens with one attached hydrogen (secondary N) is 1. The molecule has 0 fully saturated rings. The number of rotatable bonds is 6. The summed E-state index contributed by atoms with van der Waals surface area (Å²) in [5.41, 5.74) is 2.25. The molecule has 0 aromatic carbocycles. The zero-order valence-corrected chi connectivity index (χ0v) is 12.0. The Labute approximate surface area is 116 Å². The first-order valence-electron chi connectivity index (χ1n) is 6.15. The van der Waals surface area contributed by atoms with Crippen LogP contribution in [-0.4, -0.2) is 11.5 Å².